The van der Waals surface area contributed by atoms with E-state index in [0.717, 1.165) is 11.3 Å². The fourth-order valence-electron chi connectivity index (χ4n) is 2.70. The number of H-pyrrole nitrogens is 1. The number of aromatic amines is 1. The predicted octanol–water partition coefficient (Wildman–Crippen LogP) is -0.408. The number of rotatable bonds is 5. The minimum Gasteiger partial charge on any atom is -0.390 e. The highest BCUT2D eigenvalue weighted by Crippen LogP contribution is 2.43. The molecule has 2 unspecified atom stereocenters. The van der Waals surface area contributed by atoms with Crippen LogP contribution in [0.1, 0.15) is 26.0 Å². The smallest absolute Gasteiger partial charge is 0.311 e. The van der Waals surface area contributed by atoms with Crippen LogP contribution in [0.15, 0.2) is 9.59 Å². The van der Waals surface area contributed by atoms with E-state index in [1.54, 1.807) is 0 Å². The van der Waals surface area contributed by atoms with Crippen molar-refractivity contribution in [3.8, 4) is 0 Å². The number of carbonyl (C=O) groups is 1. The summed E-state index contributed by atoms with van der Waals surface area (Å²) in [5.41, 5.74) is 4.62. The lowest BCUT2D eigenvalue weighted by Gasteiger charge is -2.19. The standard InChI is InChI=1S/C14H19N5O5S2/c1-3-5(20)12-24-11(6(25-12)4-7(21)16-2)19-9-8(26-14(19)23)10(22)18-13(15)17-9/h5-6,11-12,20H,3-4H2,1-2H3,(H,16,21)(H3,15,17,18,22)/t5?,6-,11+,12?/m0/s1. The van der Waals surface area contributed by atoms with Gasteiger partial charge in [-0.1, -0.05) is 18.3 Å². The van der Waals surface area contributed by atoms with Gasteiger partial charge in [0.1, 0.15) is 10.1 Å². The van der Waals surface area contributed by atoms with E-state index in [0.29, 0.717) is 6.42 Å². The van der Waals surface area contributed by atoms with Crippen molar-refractivity contribution < 1.29 is 14.6 Å². The zero-order valence-corrected chi connectivity index (χ0v) is 15.7. The summed E-state index contributed by atoms with van der Waals surface area (Å²) in [7, 11) is 1.52. The van der Waals surface area contributed by atoms with Crippen molar-refractivity contribution in [2.24, 2.45) is 0 Å². The van der Waals surface area contributed by atoms with Gasteiger partial charge in [-0.05, 0) is 6.42 Å². The highest BCUT2D eigenvalue weighted by atomic mass is 32.2. The molecule has 1 aliphatic heterocycles. The van der Waals surface area contributed by atoms with Gasteiger partial charge in [-0.15, -0.1) is 11.8 Å². The molecular formula is C14H19N5O5S2. The number of nitrogens with two attached hydrogens (primary N) is 1. The largest absolute Gasteiger partial charge is 0.390 e. The van der Waals surface area contributed by atoms with Crippen LogP contribution in [-0.2, 0) is 9.53 Å². The van der Waals surface area contributed by atoms with Crippen molar-refractivity contribution in [1.29, 1.82) is 0 Å². The van der Waals surface area contributed by atoms with Gasteiger partial charge in [-0.2, -0.15) is 4.98 Å². The summed E-state index contributed by atoms with van der Waals surface area (Å²) in [4.78, 5) is 42.4. The summed E-state index contributed by atoms with van der Waals surface area (Å²) in [6.45, 7) is 1.81. The molecule has 5 N–H and O–H groups in total. The molecule has 0 bridgehead atoms. The quantitative estimate of drug-likeness (QED) is 0.528. The number of nitrogens with zero attached hydrogens (tertiary/aromatic N) is 2. The molecular weight excluding hydrogens is 382 g/mol. The molecule has 1 saturated heterocycles. The van der Waals surface area contributed by atoms with E-state index in [4.69, 9.17) is 10.5 Å². The Bertz CT molecular complexity index is 938. The van der Waals surface area contributed by atoms with E-state index in [9.17, 15) is 19.5 Å². The van der Waals surface area contributed by atoms with Crippen LogP contribution < -0.4 is 21.5 Å². The first-order valence-corrected chi connectivity index (χ1v) is 9.72. The summed E-state index contributed by atoms with van der Waals surface area (Å²) in [5.74, 6) is -0.340. The molecule has 0 aliphatic carbocycles. The number of ether oxygens (including phenoxy) is 1. The second kappa shape index (κ2) is 7.39. The number of aliphatic hydroxyl groups excluding tert-OH is 1. The van der Waals surface area contributed by atoms with Crippen LogP contribution in [0.3, 0.4) is 0 Å². The van der Waals surface area contributed by atoms with Gasteiger partial charge in [0, 0.05) is 13.5 Å². The molecule has 4 atom stereocenters. The van der Waals surface area contributed by atoms with Gasteiger partial charge >= 0.3 is 4.87 Å². The Morgan fingerprint density at radius 3 is 2.92 bits per heavy atom. The number of anilines is 1. The SMILES string of the molecule is CCC(O)C1O[C@@H](n2c(=O)sc3c(=O)[nH]c(N)nc32)[C@H](CC(=O)NC)S1. The van der Waals surface area contributed by atoms with Gasteiger partial charge in [0.15, 0.2) is 11.9 Å². The van der Waals surface area contributed by atoms with Crippen LogP contribution in [0.2, 0.25) is 0 Å². The van der Waals surface area contributed by atoms with E-state index in [1.165, 1.54) is 23.4 Å². The maximum atomic E-state index is 12.5. The van der Waals surface area contributed by atoms with E-state index < -0.39 is 33.5 Å². The fraction of sp³-hybridized carbons (Fsp3) is 0.571. The maximum absolute atomic E-state index is 12.5. The van der Waals surface area contributed by atoms with Crippen LogP contribution in [0.5, 0.6) is 0 Å². The molecule has 0 spiro atoms. The predicted molar refractivity (Wildman–Crippen MR) is 99.2 cm³/mol. The molecule has 2 aromatic heterocycles. The van der Waals surface area contributed by atoms with Gasteiger partial charge < -0.3 is 20.9 Å². The van der Waals surface area contributed by atoms with Gasteiger partial charge in [0.05, 0.1) is 11.4 Å². The summed E-state index contributed by atoms with van der Waals surface area (Å²) < 4.78 is 7.27. The minimum absolute atomic E-state index is 0.0845. The molecule has 1 fully saturated rings. The Morgan fingerprint density at radius 2 is 2.27 bits per heavy atom. The summed E-state index contributed by atoms with van der Waals surface area (Å²) in [6.07, 6.45) is -1.06. The summed E-state index contributed by atoms with van der Waals surface area (Å²) >= 11 is 2.02. The summed E-state index contributed by atoms with van der Waals surface area (Å²) in [6, 6.07) is 0. The number of thioether (sulfide) groups is 1. The molecule has 10 nitrogen and oxygen atoms in total. The van der Waals surface area contributed by atoms with Crippen LogP contribution in [-0.4, -0.2) is 49.4 Å². The van der Waals surface area contributed by atoms with E-state index >= 15 is 0 Å². The lowest BCUT2D eigenvalue weighted by molar-refractivity contribution is -0.121. The third-order valence-corrected chi connectivity index (χ3v) is 6.43. The second-order valence-corrected chi connectivity index (χ2v) is 8.07. The number of aromatic nitrogens is 3. The van der Waals surface area contributed by atoms with Crippen molar-refractivity contribution in [2.45, 2.75) is 42.8 Å². The Morgan fingerprint density at radius 1 is 1.54 bits per heavy atom. The Balaban J connectivity index is 2.08. The van der Waals surface area contributed by atoms with Crippen molar-refractivity contribution in [1.82, 2.24) is 19.9 Å². The van der Waals surface area contributed by atoms with Crippen LogP contribution in [0.25, 0.3) is 10.3 Å². The molecule has 3 heterocycles. The lowest BCUT2D eigenvalue weighted by atomic mass is 10.2. The normalized spacial score (nSPS) is 24.0. The third kappa shape index (κ3) is 3.37. The van der Waals surface area contributed by atoms with Crippen molar-refractivity contribution in [2.75, 3.05) is 12.8 Å². The number of aliphatic hydroxyl groups is 1. The molecule has 26 heavy (non-hydrogen) atoms. The number of thiazole rings is 1. The lowest BCUT2D eigenvalue weighted by Crippen LogP contribution is -2.31. The number of hydrogen-bond acceptors (Lipinski definition) is 9. The number of nitrogens with one attached hydrogen (secondary N) is 2. The summed E-state index contributed by atoms with van der Waals surface area (Å²) in [5, 5.41) is 12.2. The molecule has 0 aromatic carbocycles. The Hall–Kier alpha value is -1.89. The Labute approximate surface area is 155 Å². The number of fused-ring (bicyclic) bond motifs is 1. The number of nitrogen functional groups attached to an aromatic ring is 1. The maximum Gasteiger partial charge on any atom is 0.311 e. The number of amides is 1. The van der Waals surface area contributed by atoms with Crippen molar-refractivity contribution in [3.63, 3.8) is 0 Å². The van der Waals surface area contributed by atoms with Crippen molar-refractivity contribution >= 4 is 45.3 Å². The second-order valence-electron chi connectivity index (χ2n) is 5.76. The zero-order chi connectivity index (χ0) is 19.0. The topological polar surface area (TPSA) is 152 Å². The third-order valence-electron chi connectivity index (χ3n) is 4.04. The fourth-order valence-corrected chi connectivity index (χ4v) is 5.01. The molecule has 1 amide bonds. The first kappa shape index (κ1) is 18.9. The first-order valence-electron chi connectivity index (χ1n) is 7.96. The molecule has 1 aliphatic rings. The van der Waals surface area contributed by atoms with Gasteiger partial charge in [-0.3, -0.25) is 23.9 Å². The highest BCUT2D eigenvalue weighted by Gasteiger charge is 2.42. The van der Waals surface area contributed by atoms with Crippen LogP contribution >= 0.6 is 23.1 Å². The Kier molecular flexibility index (Phi) is 5.37. The molecule has 12 heteroatoms. The van der Waals surface area contributed by atoms with E-state index in [2.05, 4.69) is 15.3 Å². The molecule has 2 aromatic rings. The minimum atomic E-state index is -0.849. The van der Waals surface area contributed by atoms with Crippen LogP contribution in [0, 0.1) is 0 Å². The van der Waals surface area contributed by atoms with Crippen molar-refractivity contribution in [3.05, 3.63) is 20.0 Å². The highest BCUT2D eigenvalue weighted by molar-refractivity contribution is 8.00. The number of carbonyl (C=O) groups excluding carboxylic acids is 1. The van der Waals surface area contributed by atoms with Gasteiger partial charge in [-0.25, -0.2) is 0 Å². The van der Waals surface area contributed by atoms with E-state index in [-0.39, 0.29) is 28.6 Å². The zero-order valence-electron chi connectivity index (χ0n) is 14.1. The average molecular weight is 401 g/mol. The molecule has 142 valence electrons. The monoisotopic (exact) mass is 401 g/mol. The average Bonchev–Trinajstić information content (AvgIpc) is 3.14. The molecule has 0 radical (unpaired) electrons. The molecule has 0 saturated carbocycles. The van der Waals surface area contributed by atoms with Gasteiger partial charge in [0.25, 0.3) is 5.56 Å². The first-order chi connectivity index (χ1) is 12.3. The van der Waals surface area contributed by atoms with Gasteiger partial charge in [0.2, 0.25) is 11.9 Å². The van der Waals surface area contributed by atoms with Crippen LogP contribution in [0.4, 0.5) is 5.95 Å². The number of hydrogen-bond donors (Lipinski definition) is 4. The van der Waals surface area contributed by atoms with E-state index in [1.807, 2.05) is 6.92 Å². The molecule has 3 rings (SSSR count).